The van der Waals surface area contributed by atoms with E-state index in [1.54, 1.807) is 30.5 Å². The molecule has 3 aromatic rings. The van der Waals surface area contributed by atoms with Crippen LogP contribution in [0.3, 0.4) is 0 Å². The van der Waals surface area contributed by atoms with E-state index in [0.717, 1.165) is 39.7 Å². The number of carbonyl (C=O) groups is 1. The first-order chi connectivity index (χ1) is 13.5. The van der Waals surface area contributed by atoms with Crippen LogP contribution in [0.2, 0.25) is 0 Å². The Hall–Kier alpha value is -2.97. The predicted octanol–water partition coefficient (Wildman–Crippen LogP) is 5.11. The molecule has 1 aromatic heterocycles. The first kappa shape index (κ1) is 18.4. The molecule has 0 unspecified atom stereocenters. The van der Waals surface area contributed by atoms with Crippen LogP contribution in [-0.4, -0.2) is 10.9 Å². The van der Waals surface area contributed by atoms with Gasteiger partial charge in [0.25, 0.3) is 5.91 Å². The second-order valence-corrected chi connectivity index (χ2v) is 8.04. The molecule has 4 nitrogen and oxygen atoms in total. The van der Waals surface area contributed by atoms with Crippen molar-refractivity contribution in [1.29, 1.82) is 5.26 Å². The molecule has 0 saturated heterocycles. The quantitative estimate of drug-likeness (QED) is 0.623. The Kier molecular flexibility index (Phi) is 4.74. The van der Waals surface area contributed by atoms with E-state index in [4.69, 9.17) is 5.26 Å². The third-order valence-electron chi connectivity index (χ3n) is 5.13. The highest BCUT2D eigenvalue weighted by molar-refractivity contribution is 9.10. The number of benzene rings is 2. The lowest BCUT2D eigenvalue weighted by atomic mass is 9.99. The summed E-state index contributed by atoms with van der Waals surface area (Å²) in [6.07, 6.45) is 3.64. The van der Waals surface area contributed by atoms with Gasteiger partial charge in [-0.1, -0.05) is 24.3 Å². The number of aryl methyl sites for hydroxylation is 1. The second-order valence-electron chi connectivity index (χ2n) is 7.12. The monoisotopic (exact) mass is 431 g/mol. The number of hydrogen-bond donors (Lipinski definition) is 1. The molecule has 1 heterocycles. The maximum absolute atomic E-state index is 12.6. The Morgan fingerprint density at radius 1 is 1.14 bits per heavy atom. The average molecular weight is 432 g/mol. The van der Waals surface area contributed by atoms with E-state index in [-0.39, 0.29) is 11.4 Å². The Bertz CT molecular complexity index is 1080. The van der Waals surface area contributed by atoms with Crippen molar-refractivity contribution in [3.05, 3.63) is 87.5 Å². The number of carbonyl (C=O) groups excluding carboxylic acids is 1. The molecular formula is C23H18BrN3O. The van der Waals surface area contributed by atoms with Crippen molar-refractivity contribution in [2.45, 2.75) is 25.3 Å². The molecule has 1 aliphatic rings. The van der Waals surface area contributed by atoms with Crippen molar-refractivity contribution in [3.63, 3.8) is 0 Å². The Morgan fingerprint density at radius 2 is 1.82 bits per heavy atom. The Morgan fingerprint density at radius 3 is 2.39 bits per heavy atom. The van der Waals surface area contributed by atoms with Crippen LogP contribution in [0.5, 0.6) is 0 Å². The SMILES string of the molecule is Cc1cc(Br)cnc1-c1ccc(C2(NC(=O)c3ccc(C#N)cc3)CC2)cc1. The molecule has 1 aliphatic carbocycles. The number of amides is 1. The van der Waals surface area contributed by atoms with E-state index in [1.165, 1.54) is 0 Å². The fourth-order valence-electron chi connectivity index (χ4n) is 3.39. The zero-order chi connectivity index (χ0) is 19.7. The standard InChI is InChI=1S/C23H18BrN3O/c1-15-12-20(24)14-26-21(15)17-6-8-19(9-7-17)23(10-11-23)27-22(28)18-4-2-16(13-25)3-5-18/h2-9,12,14H,10-11H2,1H3,(H,27,28). The summed E-state index contributed by atoms with van der Waals surface area (Å²) in [6.45, 7) is 2.04. The number of nitrogens with one attached hydrogen (secondary N) is 1. The van der Waals surface area contributed by atoms with Crippen LogP contribution >= 0.6 is 15.9 Å². The van der Waals surface area contributed by atoms with Crippen LogP contribution in [0, 0.1) is 18.3 Å². The normalized spacial score (nSPS) is 14.2. The third-order valence-corrected chi connectivity index (χ3v) is 5.57. The van der Waals surface area contributed by atoms with Gasteiger partial charge in [-0.3, -0.25) is 9.78 Å². The third kappa shape index (κ3) is 3.56. The van der Waals surface area contributed by atoms with Gasteiger partial charge in [-0.25, -0.2) is 0 Å². The van der Waals surface area contributed by atoms with E-state index >= 15 is 0 Å². The fraction of sp³-hybridized carbons (Fsp3) is 0.174. The summed E-state index contributed by atoms with van der Waals surface area (Å²) >= 11 is 3.45. The molecule has 1 saturated carbocycles. The zero-order valence-electron chi connectivity index (χ0n) is 15.4. The molecule has 5 heteroatoms. The van der Waals surface area contributed by atoms with Gasteiger partial charge >= 0.3 is 0 Å². The van der Waals surface area contributed by atoms with E-state index in [0.29, 0.717) is 11.1 Å². The second kappa shape index (κ2) is 7.21. The van der Waals surface area contributed by atoms with Crippen molar-refractivity contribution in [1.82, 2.24) is 10.3 Å². The van der Waals surface area contributed by atoms with Crippen LogP contribution in [0.1, 0.15) is 39.9 Å². The van der Waals surface area contributed by atoms with E-state index in [2.05, 4.69) is 62.6 Å². The highest BCUT2D eigenvalue weighted by atomic mass is 79.9. The van der Waals surface area contributed by atoms with Gasteiger partial charge in [0.1, 0.15) is 0 Å². The highest BCUT2D eigenvalue weighted by Crippen LogP contribution is 2.46. The van der Waals surface area contributed by atoms with Gasteiger partial charge < -0.3 is 5.32 Å². The molecule has 28 heavy (non-hydrogen) atoms. The number of aromatic nitrogens is 1. The molecule has 1 N–H and O–H groups in total. The summed E-state index contributed by atoms with van der Waals surface area (Å²) < 4.78 is 0.966. The molecule has 0 radical (unpaired) electrons. The van der Waals surface area contributed by atoms with Gasteiger partial charge in [-0.05, 0) is 77.2 Å². The highest BCUT2D eigenvalue weighted by Gasteiger charge is 2.45. The van der Waals surface area contributed by atoms with Gasteiger partial charge in [0, 0.05) is 21.8 Å². The molecule has 0 bridgehead atoms. The zero-order valence-corrected chi connectivity index (χ0v) is 17.0. The van der Waals surface area contributed by atoms with Gasteiger partial charge in [-0.15, -0.1) is 0 Å². The Labute approximate surface area is 172 Å². The number of rotatable bonds is 4. The predicted molar refractivity (Wildman–Crippen MR) is 112 cm³/mol. The van der Waals surface area contributed by atoms with E-state index < -0.39 is 0 Å². The molecule has 2 aromatic carbocycles. The Balaban J connectivity index is 1.53. The molecule has 4 rings (SSSR count). The number of hydrogen-bond acceptors (Lipinski definition) is 3. The minimum atomic E-state index is -0.300. The molecule has 0 spiro atoms. The minimum Gasteiger partial charge on any atom is -0.343 e. The first-order valence-corrected chi connectivity index (χ1v) is 9.86. The van der Waals surface area contributed by atoms with Crippen molar-refractivity contribution < 1.29 is 4.79 Å². The topological polar surface area (TPSA) is 65.8 Å². The average Bonchev–Trinajstić information content (AvgIpc) is 3.49. The van der Waals surface area contributed by atoms with Crippen molar-refractivity contribution >= 4 is 21.8 Å². The van der Waals surface area contributed by atoms with Crippen LogP contribution < -0.4 is 5.32 Å². The van der Waals surface area contributed by atoms with E-state index in [9.17, 15) is 4.79 Å². The molecule has 1 amide bonds. The van der Waals surface area contributed by atoms with Crippen molar-refractivity contribution in [2.24, 2.45) is 0 Å². The van der Waals surface area contributed by atoms with Crippen LogP contribution in [-0.2, 0) is 5.54 Å². The van der Waals surface area contributed by atoms with Crippen LogP contribution in [0.4, 0.5) is 0 Å². The number of pyridine rings is 1. The van der Waals surface area contributed by atoms with Crippen molar-refractivity contribution in [2.75, 3.05) is 0 Å². The summed E-state index contributed by atoms with van der Waals surface area (Å²) in [5.41, 5.74) is 5.04. The number of halogens is 1. The lowest BCUT2D eigenvalue weighted by Gasteiger charge is -2.19. The maximum atomic E-state index is 12.6. The molecule has 0 aliphatic heterocycles. The van der Waals surface area contributed by atoms with Gasteiger partial charge in [-0.2, -0.15) is 5.26 Å². The summed E-state index contributed by atoms with van der Waals surface area (Å²) in [5.74, 6) is -0.114. The minimum absolute atomic E-state index is 0.114. The fourth-order valence-corrected chi connectivity index (χ4v) is 3.83. The molecule has 0 atom stereocenters. The van der Waals surface area contributed by atoms with Crippen molar-refractivity contribution in [3.8, 4) is 17.3 Å². The summed E-state index contributed by atoms with van der Waals surface area (Å²) in [4.78, 5) is 17.1. The molecule has 138 valence electrons. The first-order valence-electron chi connectivity index (χ1n) is 9.06. The summed E-state index contributed by atoms with van der Waals surface area (Å²) in [7, 11) is 0. The van der Waals surface area contributed by atoms with Gasteiger partial charge in [0.2, 0.25) is 0 Å². The summed E-state index contributed by atoms with van der Waals surface area (Å²) in [5, 5.41) is 12.1. The van der Waals surface area contributed by atoms with Crippen LogP contribution in [0.25, 0.3) is 11.3 Å². The lowest BCUT2D eigenvalue weighted by molar-refractivity contribution is 0.0931. The van der Waals surface area contributed by atoms with Crippen LogP contribution in [0.15, 0.2) is 65.3 Å². The number of nitriles is 1. The largest absolute Gasteiger partial charge is 0.343 e. The van der Waals surface area contributed by atoms with E-state index in [1.807, 2.05) is 6.92 Å². The lowest BCUT2D eigenvalue weighted by Crippen LogP contribution is -2.34. The maximum Gasteiger partial charge on any atom is 0.251 e. The number of nitrogens with zero attached hydrogens (tertiary/aromatic N) is 2. The smallest absolute Gasteiger partial charge is 0.251 e. The molecular weight excluding hydrogens is 414 g/mol. The summed E-state index contributed by atoms with van der Waals surface area (Å²) in [6, 6.07) is 19.1. The van der Waals surface area contributed by atoms with Gasteiger partial charge in [0.15, 0.2) is 0 Å². The molecule has 1 fully saturated rings. The van der Waals surface area contributed by atoms with Gasteiger partial charge in [0.05, 0.1) is 22.9 Å².